The molecular weight excluding hydrogens is 456 g/mol. The van der Waals surface area contributed by atoms with Crippen LogP contribution in [-0.4, -0.2) is 66.0 Å². The molecule has 1 saturated carbocycles. The molecule has 2 saturated heterocycles. The predicted octanol–water partition coefficient (Wildman–Crippen LogP) is 2.69. The van der Waals surface area contributed by atoms with Gasteiger partial charge in [-0.1, -0.05) is 0 Å². The molecule has 8 nitrogen and oxygen atoms in total. The van der Waals surface area contributed by atoms with Crippen molar-refractivity contribution < 1.29 is 18.7 Å². The number of nitrogens with zero attached hydrogens (tertiary/aromatic N) is 3. The number of rotatable bonds is 4. The van der Waals surface area contributed by atoms with Gasteiger partial charge >= 0.3 is 5.97 Å². The Morgan fingerprint density at radius 2 is 1.37 bits per heavy atom. The van der Waals surface area contributed by atoms with Crippen molar-refractivity contribution >= 4 is 28.2 Å². The zero-order chi connectivity index (χ0) is 25.2. The van der Waals surface area contributed by atoms with Crippen LogP contribution in [0.5, 0.6) is 0 Å². The molecule has 2 aromatic rings. The van der Waals surface area contributed by atoms with E-state index in [0.29, 0.717) is 26.2 Å². The molecule has 0 spiro atoms. The van der Waals surface area contributed by atoms with Crippen molar-refractivity contribution in [1.29, 1.82) is 0 Å². The van der Waals surface area contributed by atoms with Crippen molar-refractivity contribution in [2.45, 2.75) is 70.7 Å². The molecule has 1 aromatic carbocycles. The molecule has 1 aromatic heterocycles. The molecule has 1 aliphatic carbocycles. The highest BCUT2D eigenvalue weighted by Crippen LogP contribution is 2.44. The van der Waals surface area contributed by atoms with Gasteiger partial charge in [-0.25, -0.2) is 13.6 Å². The maximum Gasteiger partial charge on any atom is 0.341 e. The van der Waals surface area contributed by atoms with Crippen LogP contribution >= 0.6 is 0 Å². The molecule has 0 radical (unpaired) electrons. The monoisotopic (exact) mass is 489 g/mol. The Kier molecular flexibility index (Phi) is 5.99. The summed E-state index contributed by atoms with van der Waals surface area (Å²) >= 11 is 0. The van der Waals surface area contributed by atoms with Gasteiger partial charge in [-0.05, 0) is 40.5 Å². The molecule has 0 bridgehead atoms. The van der Waals surface area contributed by atoms with Crippen LogP contribution in [0.1, 0.15) is 56.9 Å². The average molecular weight is 490 g/mol. The minimum Gasteiger partial charge on any atom is -0.477 e. The van der Waals surface area contributed by atoms with E-state index in [1.807, 2.05) is 27.7 Å². The first kappa shape index (κ1) is 24.0. The Bertz CT molecular complexity index is 1220. The Labute approximate surface area is 202 Å². The first-order valence-electron chi connectivity index (χ1n) is 12.4. The van der Waals surface area contributed by atoms with Crippen LogP contribution < -0.4 is 25.9 Å². The standard InChI is InChI=1S/C25H33F2N5O3/c1-12-7-30(8-13(2)28-12)21-18-22(32(16-5-6-16)11-17(24(18)33)25(34)35)20(27)23(19(21)26)31-9-14(3)29-15(4)10-31/h11-16,28-29H,5-10H2,1-4H3,(H,34,35)/t12-,13+,14-,15+. The van der Waals surface area contributed by atoms with Crippen LogP contribution in [0.4, 0.5) is 20.2 Å². The van der Waals surface area contributed by atoms with Crippen molar-refractivity contribution in [3.8, 4) is 0 Å². The van der Waals surface area contributed by atoms with Gasteiger partial charge in [-0.3, -0.25) is 4.79 Å². The molecule has 3 N–H and O–H groups in total. The van der Waals surface area contributed by atoms with Crippen LogP contribution in [-0.2, 0) is 0 Å². The smallest absolute Gasteiger partial charge is 0.341 e. The highest BCUT2D eigenvalue weighted by molar-refractivity contribution is 6.01. The van der Waals surface area contributed by atoms with Gasteiger partial charge in [0.25, 0.3) is 0 Å². The predicted molar refractivity (Wildman–Crippen MR) is 132 cm³/mol. The molecule has 10 heteroatoms. The third kappa shape index (κ3) is 4.16. The number of halogens is 2. The topological polar surface area (TPSA) is 89.8 Å². The number of hydrogen-bond acceptors (Lipinski definition) is 6. The zero-order valence-corrected chi connectivity index (χ0v) is 20.6. The van der Waals surface area contributed by atoms with E-state index in [9.17, 15) is 14.7 Å². The second kappa shape index (κ2) is 8.74. The maximum absolute atomic E-state index is 16.5. The van der Waals surface area contributed by atoms with Gasteiger partial charge in [-0.2, -0.15) is 0 Å². The van der Waals surface area contributed by atoms with E-state index in [0.717, 1.165) is 12.8 Å². The summed E-state index contributed by atoms with van der Waals surface area (Å²) in [5.74, 6) is -2.98. The van der Waals surface area contributed by atoms with Gasteiger partial charge in [0.05, 0.1) is 16.6 Å². The highest BCUT2D eigenvalue weighted by atomic mass is 19.1. The number of carboxylic acid groups (broad SMARTS) is 1. The third-order valence-corrected chi connectivity index (χ3v) is 7.22. The van der Waals surface area contributed by atoms with Crippen molar-refractivity contribution in [3.05, 3.63) is 33.6 Å². The molecule has 5 rings (SSSR count). The summed E-state index contributed by atoms with van der Waals surface area (Å²) in [6.07, 6.45) is 2.75. The fourth-order valence-corrected chi connectivity index (χ4v) is 5.89. The normalized spacial score (nSPS) is 27.5. The van der Waals surface area contributed by atoms with Gasteiger partial charge in [0.2, 0.25) is 5.43 Å². The number of hydrogen-bond donors (Lipinski definition) is 3. The van der Waals surface area contributed by atoms with Gasteiger partial charge < -0.3 is 30.1 Å². The minimum absolute atomic E-state index is 0.00609. The molecule has 4 atom stereocenters. The maximum atomic E-state index is 16.5. The number of pyridine rings is 1. The third-order valence-electron chi connectivity index (χ3n) is 7.22. The van der Waals surface area contributed by atoms with Crippen LogP contribution in [0.2, 0.25) is 0 Å². The highest BCUT2D eigenvalue weighted by Gasteiger charge is 2.37. The number of fused-ring (bicyclic) bond motifs is 1. The summed E-state index contributed by atoms with van der Waals surface area (Å²) in [5.41, 5.74) is -1.42. The molecule has 2 aliphatic heterocycles. The van der Waals surface area contributed by atoms with E-state index >= 15 is 8.78 Å². The van der Waals surface area contributed by atoms with Crippen molar-refractivity contribution in [1.82, 2.24) is 15.2 Å². The van der Waals surface area contributed by atoms with E-state index < -0.39 is 28.6 Å². The lowest BCUT2D eigenvalue weighted by Gasteiger charge is -2.41. The first-order valence-corrected chi connectivity index (χ1v) is 12.4. The number of carboxylic acids is 1. The molecule has 3 aliphatic rings. The number of aromatic carboxylic acids is 1. The van der Waals surface area contributed by atoms with Crippen molar-refractivity contribution in [3.63, 3.8) is 0 Å². The average Bonchev–Trinajstić information content (AvgIpc) is 3.58. The molecule has 0 amide bonds. The summed E-state index contributed by atoms with van der Waals surface area (Å²) < 4.78 is 34.5. The van der Waals surface area contributed by atoms with E-state index in [1.54, 1.807) is 14.4 Å². The number of anilines is 2. The van der Waals surface area contributed by atoms with E-state index in [1.165, 1.54) is 6.20 Å². The second-order valence-electron chi connectivity index (χ2n) is 10.6. The number of nitrogens with one attached hydrogen (secondary N) is 2. The van der Waals surface area contributed by atoms with Gasteiger partial charge in [0, 0.05) is 62.6 Å². The molecule has 190 valence electrons. The quantitative estimate of drug-likeness (QED) is 0.609. The SMILES string of the molecule is C[C@@H]1CN(c2c(F)c(N3C[C@@H](C)N[C@@H](C)C3)c3c(=O)c(C(=O)O)cn(C4CC4)c3c2F)C[C@H](C)N1. The van der Waals surface area contributed by atoms with E-state index in [4.69, 9.17) is 0 Å². The number of piperazine rings is 2. The number of benzene rings is 1. The molecule has 3 heterocycles. The molecule has 0 unspecified atom stereocenters. The van der Waals surface area contributed by atoms with Crippen LogP contribution in [0, 0.1) is 11.6 Å². The Balaban J connectivity index is 1.86. The molecular formula is C25H33F2N5O3. The van der Waals surface area contributed by atoms with E-state index in [2.05, 4.69) is 10.6 Å². The fourth-order valence-electron chi connectivity index (χ4n) is 5.89. The van der Waals surface area contributed by atoms with Crippen LogP contribution in [0.3, 0.4) is 0 Å². The lowest BCUT2D eigenvalue weighted by atomic mass is 10.0. The Morgan fingerprint density at radius 1 is 0.886 bits per heavy atom. The van der Waals surface area contributed by atoms with Gasteiger partial charge in [0.1, 0.15) is 11.3 Å². The van der Waals surface area contributed by atoms with E-state index in [-0.39, 0.29) is 52.5 Å². The Morgan fingerprint density at radius 3 is 1.83 bits per heavy atom. The Hall–Kier alpha value is -2.72. The zero-order valence-electron chi connectivity index (χ0n) is 20.6. The summed E-state index contributed by atoms with van der Waals surface area (Å²) in [4.78, 5) is 29.0. The fraction of sp³-hybridized carbons (Fsp3) is 0.600. The van der Waals surface area contributed by atoms with Crippen molar-refractivity contribution in [2.75, 3.05) is 36.0 Å². The molecule has 35 heavy (non-hydrogen) atoms. The van der Waals surface area contributed by atoms with Crippen molar-refractivity contribution in [2.24, 2.45) is 0 Å². The van der Waals surface area contributed by atoms with Crippen LogP contribution in [0.15, 0.2) is 11.0 Å². The number of aromatic nitrogens is 1. The summed E-state index contributed by atoms with van der Waals surface area (Å²) in [7, 11) is 0. The molecule has 3 fully saturated rings. The summed E-state index contributed by atoms with van der Waals surface area (Å²) in [5, 5.41) is 16.4. The summed E-state index contributed by atoms with van der Waals surface area (Å²) in [6, 6.07) is -0.0472. The lowest BCUT2D eigenvalue weighted by Crippen LogP contribution is -2.55. The van der Waals surface area contributed by atoms with Gasteiger partial charge in [-0.15, -0.1) is 0 Å². The summed E-state index contributed by atoms with van der Waals surface area (Å²) in [6.45, 7) is 9.54. The van der Waals surface area contributed by atoms with Crippen LogP contribution in [0.25, 0.3) is 10.9 Å². The van der Waals surface area contributed by atoms with Gasteiger partial charge in [0.15, 0.2) is 11.6 Å². The minimum atomic E-state index is -1.39. The number of carbonyl (C=O) groups is 1. The largest absolute Gasteiger partial charge is 0.477 e. The second-order valence-corrected chi connectivity index (χ2v) is 10.6. The lowest BCUT2D eigenvalue weighted by molar-refractivity contribution is 0.0694. The first-order chi connectivity index (χ1) is 16.6.